The van der Waals surface area contributed by atoms with Crippen molar-refractivity contribution in [2.45, 2.75) is 32.5 Å². The normalized spacial score (nSPS) is 17.4. The van der Waals surface area contributed by atoms with Crippen LogP contribution in [-0.2, 0) is 4.79 Å². The highest BCUT2D eigenvalue weighted by atomic mass is 16.6. The number of furan rings is 1. The minimum Gasteiger partial charge on any atom is -0.485 e. The number of benzene rings is 1. The molecule has 0 fully saturated rings. The summed E-state index contributed by atoms with van der Waals surface area (Å²) < 4.78 is 16.6. The molecule has 2 heterocycles. The number of para-hydroxylation sites is 2. The van der Waals surface area contributed by atoms with Crippen molar-refractivity contribution < 1.29 is 23.8 Å². The van der Waals surface area contributed by atoms with Crippen molar-refractivity contribution in [3.05, 3.63) is 47.4 Å². The second kappa shape index (κ2) is 6.97. The van der Waals surface area contributed by atoms with Gasteiger partial charge in [-0.2, -0.15) is 0 Å². The number of amides is 1. The van der Waals surface area contributed by atoms with E-state index in [0.29, 0.717) is 30.2 Å². The van der Waals surface area contributed by atoms with E-state index in [2.05, 4.69) is 5.32 Å². The van der Waals surface area contributed by atoms with Gasteiger partial charge in [-0.1, -0.05) is 12.1 Å². The van der Waals surface area contributed by atoms with Gasteiger partial charge < -0.3 is 24.3 Å². The standard InChI is InChI=1S/C18H21NO5/c1-11-9-13(12(2)23-11)14(20)7-8-19-18(21)17-10-22-15-5-3-4-6-16(15)24-17/h3-6,9,14,17,20H,7-8,10H2,1-2H3,(H,19,21). The lowest BCUT2D eigenvalue weighted by atomic mass is 10.1. The monoisotopic (exact) mass is 331 g/mol. The van der Waals surface area contributed by atoms with Crippen LogP contribution in [0.15, 0.2) is 34.7 Å². The Morgan fingerprint density at radius 2 is 2.08 bits per heavy atom. The molecule has 0 saturated carbocycles. The zero-order valence-electron chi connectivity index (χ0n) is 13.7. The molecule has 2 N–H and O–H groups in total. The van der Waals surface area contributed by atoms with E-state index in [0.717, 1.165) is 11.3 Å². The number of carbonyl (C=O) groups is 1. The van der Waals surface area contributed by atoms with Gasteiger partial charge in [0, 0.05) is 12.1 Å². The molecule has 0 radical (unpaired) electrons. The molecule has 6 nitrogen and oxygen atoms in total. The molecule has 2 unspecified atom stereocenters. The third-order valence-corrected chi connectivity index (χ3v) is 3.96. The van der Waals surface area contributed by atoms with E-state index in [1.165, 1.54) is 0 Å². The molecular formula is C18H21NO5. The number of carbonyl (C=O) groups excluding carboxylic acids is 1. The van der Waals surface area contributed by atoms with Crippen LogP contribution >= 0.6 is 0 Å². The predicted molar refractivity (Wildman–Crippen MR) is 87.1 cm³/mol. The molecule has 0 bridgehead atoms. The van der Waals surface area contributed by atoms with Gasteiger partial charge in [0.05, 0.1) is 6.10 Å². The molecule has 1 amide bonds. The highest BCUT2D eigenvalue weighted by molar-refractivity contribution is 5.81. The summed E-state index contributed by atoms with van der Waals surface area (Å²) in [6, 6.07) is 9.06. The molecule has 1 aliphatic rings. The van der Waals surface area contributed by atoms with Crippen LogP contribution in [0.3, 0.4) is 0 Å². The maximum atomic E-state index is 12.2. The molecule has 1 aromatic heterocycles. The molecule has 0 spiro atoms. The topological polar surface area (TPSA) is 80.9 Å². The molecule has 128 valence electrons. The van der Waals surface area contributed by atoms with Gasteiger partial charge >= 0.3 is 0 Å². The lowest BCUT2D eigenvalue weighted by molar-refractivity contribution is -0.130. The summed E-state index contributed by atoms with van der Waals surface area (Å²) in [5.41, 5.74) is 0.757. The highest BCUT2D eigenvalue weighted by Crippen LogP contribution is 2.30. The molecule has 0 saturated heterocycles. The molecule has 2 aromatic rings. The molecule has 1 aromatic carbocycles. The number of aryl methyl sites for hydroxylation is 2. The van der Waals surface area contributed by atoms with Gasteiger partial charge in [0.15, 0.2) is 11.5 Å². The average Bonchev–Trinajstić information content (AvgIpc) is 2.92. The van der Waals surface area contributed by atoms with Crippen LogP contribution in [0.25, 0.3) is 0 Å². The van der Waals surface area contributed by atoms with E-state index in [-0.39, 0.29) is 12.5 Å². The van der Waals surface area contributed by atoms with Crippen molar-refractivity contribution in [1.29, 1.82) is 0 Å². The smallest absolute Gasteiger partial charge is 0.264 e. The van der Waals surface area contributed by atoms with Crippen LogP contribution in [0.4, 0.5) is 0 Å². The van der Waals surface area contributed by atoms with Crippen LogP contribution in [0.5, 0.6) is 11.5 Å². The molecule has 6 heteroatoms. The van der Waals surface area contributed by atoms with Crippen molar-refractivity contribution >= 4 is 5.91 Å². The molecule has 1 aliphatic heterocycles. The molecule has 2 atom stereocenters. The molecule has 0 aliphatic carbocycles. The van der Waals surface area contributed by atoms with E-state index in [9.17, 15) is 9.90 Å². The Morgan fingerprint density at radius 1 is 1.33 bits per heavy atom. The Hall–Kier alpha value is -2.47. The number of rotatable bonds is 5. The third kappa shape index (κ3) is 3.54. The molecule has 24 heavy (non-hydrogen) atoms. The van der Waals surface area contributed by atoms with Gasteiger partial charge in [-0.25, -0.2) is 0 Å². The molecule has 3 rings (SSSR count). The number of ether oxygens (including phenoxy) is 2. The van der Waals surface area contributed by atoms with Crippen molar-refractivity contribution in [3.8, 4) is 11.5 Å². The second-order valence-electron chi connectivity index (χ2n) is 5.83. The Labute approximate surface area is 140 Å². The van der Waals surface area contributed by atoms with Crippen LogP contribution < -0.4 is 14.8 Å². The number of hydrogen-bond donors (Lipinski definition) is 2. The maximum Gasteiger partial charge on any atom is 0.264 e. The fraction of sp³-hybridized carbons (Fsp3) is 0.389. The summed E-state index contributed by atoms with van der Waals surface area (Å²) in [4.78, 5) is 12.2. The maximum absolute atomic E-state index is 12.2. The zero-order chi connectivity index (χ0) is 17.1. The van der Waals surface area contributed by atoms with E-state index in [1.807, 2.05) is 32.0 Å². The van der Waals surface area contributed by atoms with Crippen LogP contribution in [-0.4, -0.2) is 30.3 Å². The fourth-order valence-corrected chi connectivity index (χ4v) is 2.73. The first-order valence-electron chi connectivity index (χ1n) is 7.96. The van der Waals surface area contributed by atoms with Crippen molar-refractivity contribution in [2.75, 3.05) is 13.2 Å². The first-order chi connectivity index (χ1) is 11.5. The first kappa shape index (κ1) is 16.4. The van der Waals surface area contributed by atoms with E-state index < -0.39 is 12.2 Å². The highest BCUT2D eigenvalue weighted by Gasteiger charge is 2.27. The number of hydrogen-bond acceptors (Lipinski definition) is 5. The quantitative estimate of drug-likeness (QED) is 0.878. The summed E-state index contributed by atoms with van der Waals surface area (Å²) in [5, 5.41) is 13.0. The third-order valence-electron chi connectivity index (χ3n) is 3.96. The van der Waals surface area contributed by atoms with E-state index in [4.69, 9.17) is 13.9 Å². The lowest BCUT2D eigenvalue weighted by Gasteiger charge is -2.25. The van der Waals surface area contributed by atoms with Gasteiger partial charge in [0.25, 0.3) is 5.91 Å². The minimum absolute atomic E-state index is 0.172. The van der Waals surface area contributed by atoms with Gasteiger partial charge in [0.2, 0.25) is 6.10 Å². The number of nitrogens with one attached hydrogen (secondary N) is 1. The Morgan fingerprint density at radius 3 is 2.79 bits per heavy atom. The number of aliphatic hydroxyl groups excluding tert-OH is 1. The van der Waals surface area contributed by atoms with Crippen LogP contribution in [0.1, 0.15) is 29.6 Å². The largest absolute Gasteiger partial charge is 0.485 e. The Kier molecular flexibility index (Phi) is 4.76. The number of aliphatic hydroxyl groups is 1. The average molecular weight is 331 g/mol. The van der Waals surface area contributed by atoms with Gasteiger partial charge in [-0.05, 0) is 38.5 Å². The summed E-state index contributed by atoms with van der Waals surface area (Å²) >= 11 is 0. The van der Waals surface area contributed by atoms with Crippen molar-refractivity contribution in [3.63, 3.8) is 0 Å². The van der Waals surface area contributed by atoms with Crippen molar-refractivity contribution in [2.24, 2.45) is 0 Å². The van der Waals surface area contributed by atoms with Crippen LogP contribution in [0, 0.1) is 13.8 Å². The summed E-state index contributed by atoms with van der Waals surface area (Å²) in [7, 11) is 0. The first-order valence-corrected chi connectivity index (χ1v) is 7.96. The Bertz CT molecular complexity index is 724. The second-order valence-corrected chi connectivity index (χ2v) is 5.83. The van der Waals surface area contributed by atoms with Gasteiger partial charge in [-0.15, -0.1) is 0 Å². The summed E-state index contributed by atoms with van der Waals surface area (Å²) in [5.74, 6) is 2.41. The van der Waals surface area contributed by atoms with Crippen molar-refractivity contribution in [1.82, 2.24) is 5.32 Å². The number of fused-ring (bicyclic) bond motifs is 1. The van der Waals surface area contributed by atoms with Gasteiger partial charge in [-0.3, -0.25) is 4.79 Å². The fourth-order valence-electron chi connectivity index (χ4n) is 2.73. The summed E-state index contributed by atoms with van der Waals surface area (Å²) in [6.45, 7) is 4.16. The lowest BCUT2D eigenvalue weighted by Crippen LogP contribution is -2.44. The van der Waals surface area contributed by atoms with Gasteiger partial charge in [0.1, 0.15) is 18.1 Å². The minimum atomic E-state index is -0.685. The SMILES string of the molecule is Cc1cc(C(O)CCNC(=O)C2COc3ccccc3O2)c(C)o1. The molecular weight excluding hydrogens is 310 g/mol. The van der Waals surface area contributed by atoms with Crippen LogP contribution in [0.2, 0.25) is 0 Å². The predicted octanol–water partition coefficient (Wildman–Crippen LogP) is 2.28. The Balaban J connectivity index is 1.49. The van der Waals surface area contributed by atoms with E-state index in [1.54, 1.807) is 12.1 Å². The zero-order valence-corrected chi connectivity index (χ0v) is 13.7. The summed E-state index contributed by atoms with van der Waals surface area (Å²) in [6.07, 6.45) is -0.961. The van der Waals surface area contributed by atoms with E-state index >= 15 is 0 Å².